The van der Waals surface area contributed by atoms with Gasteiger partial charge in [0.05, 0.1) is 5.69 Å². The molecule has 90 valence electrons. The molecule has 0 atom stereocenters. The minimum absolute atomic E-state index is 0.124. The van der Waals surface area contributed by atoms with Crippen molar-refractivity contribution in [1.29, 1.82) is 0 Å². The maximum Gasteiger partial charge on any atom is 0.234 e. The standard InChI is InChI=1S/C14H18N2O/c1-14(2,3)11-12(16(4)15-13(11)17)10-8-6-5-7-9-10/h5-9H,1-4H3,(H,15,17). The first kappa shape index (κ1) is 11.7. The van der Waals surface area contributed by atoms with Crippen LogP contribution in [-0.2, 0) is 12.5 Å². The molecule has 0 fully saturated rings. The number of rotatable bonds is 1. The topological polar surface area (TPSA) is 38.0 Å². The van der Waals surface area contributed by atoms with Crippen molar-refractivity contribution in [3.05, 3.63) is 35.9 Å². The zero-order valence-corrected chi connectivity index (χ0v) is 10.7. The molecule has 17 heavy (non-hydrogen) atoms. The molecule has 1 aromatic carbocycles. The Kier molecular flexibility index (Phi) is 2.69. The van der Waals surface area contributed by atoms with Crippen molar-refractivity contribution in [3.63, 3.8) is 0 Å². The van der Waals surface area contributed by atoms with Gasteiger partial charge in [-0.15, -0.1) is 5.10 Å². The minimum Gasteiger partial charge on any atom is -0.492 e. The molecule has 0 bridgehead atoms. The molecular formula is C14H18N2O. The number of hydrogen-bond acceptors (Lipinski definition) is 2. The lowest BCUT2D eigenvalue weighted by Crippen LogP contribution is -2.12. The van der Waals surface area contributed by atoms with Gasteiger partial charge >= 0.3 is 0 Å². The van der Waals surface area contributed by atoms with Crippen molar-refractivity contribution in [2.45, 2.75) is 26.2 Å². The fourth-order valence-electron chi connectivity index (χ4n) is 2.13. The van der Waals surface area contributed by atoms with Crippen LogP contribution in [0.3, 0.4) is 0 Å². The van der Waals surface area contributed by atoms with Gasteiger partial charge in [0.1, 0.15) is 0 Å². The third kappa shape index (κ3) is 2.05. The lowest BCUT2D eigenvalue weighted by Gasteiger charge is -2.19. The Hall–Kier alpha value is -1.77. The number of benzene rings is 1. The molecule has 1 N–H and O–H groups in total. The summed E-state index contributed by atoms with van der Waals surface area (Å²) in [5.74, 6) is 0.124. The highest BCUT2D eigenvalue weighted by Gasteiger charge is 2.27. The van der Waals surface area contributed by atoms with Crippen LogP contribution in [0.2, 0.25) is 0 Å². The number of aromatic hydroxyl groups is 1. The smallest absolute Gasteiger partial charge is 0.234 e. The Morgan fingerprint density at radius 3 is 2.24 bits per heavy atom. The predicted molar refractivity (Wildman–Crippen MR) is 69.0 cm³/mol. The summed E-state index contributed by atoms with van der Waals surface area (Å²) in [7, 11) is 1.86. The van der Waals surface area contributed by atoms with Crippen molar-refractivity contribution < 1.29 is 5.11 Å². The lowest BCUT2D eigenvalue weighted by atomic mass is 9.85. The molecule has 0 saturated carbocycles. The Morgan fingerprint density at radius 1 is 1.12 bits per heavy atom. The number of nitrogens with zero attached hydrogens (tertiary/aromatic N) is 2. The fraction of sp³-hybridized carbons (Fsp3) is 0.357. The molecule has 0 aliphatic heterocycles. The molecule has 2 rings (SSSR count). The number of aromatic nitrogens is 2. The molecule has 0 radical (unpaired) electrons. The third-order valence-electron chi connectivity index (χ3n) is 2.83. The Labute approximate surface area is 102 Å². The molecule has 1 aromatic heterocycles. The second kappa shape index (κ2) is 3.91. The Balaban J connectivity index is 2.70. The van der Waals surface area contributed by atoms with Crippen LogP contribution >= 0.6 is 0 Å². The highest BCUT2D eigenvalue weighted by Crippen LogP contribution is 2.38. The van der Waals surface area contributed by atoms with Crippen LogP contribution < -0.4 is 0 Å². The molecule has 2 aromatic rings. The Bertz CT molecular complexity index is 521. The van der Waals surface area contributed by atoms with Crippen LogP contribution in [-0.4, -0.2) is 14.9 Å². The molecule has 1 heterocycles. The number of aryl methyl sites for hydroxylation is 1. The van der Waals surface area contributed by atoms with Gasteiger partial charge in [0.15, 0.2) is 0 Å². The summed E-state index contributed by atoms with van der Waals surface area (Å²) in [6, 6.07) is 10.0. The first-order valence-electron chi connectivity index (χ1n) is 5.73. The van der Waals surface area contributed by atoms with Gasteiger partial charge in [-0.3, -0.25) is 4.68 Å². The predicted octanol–water partition coefficient (Wildman–Crippen LogP) is 3.09. The molecule has 0 unspecified atom stereocenters. The van der Waals surface area contributed by atoms with Gasteiger partial charge in [0, 0.05) is 18.2 Å². The summed E-state index contributed by atoms with van der Waals surface area (Å²) in [6.45, 7) is 6.24. The average Bonchev–Trinajstić information content (AvgIpc) is 2.54. The van der Waals surface area contributed by atoms with Crippen molar-refractivity contribution in [3.8, 4) is 17.1 Å². The van der Waals surface area contributed by atoms with Crippen LogP contribution in [0.15, 0.2) is 30.3 Å². The molecule has 3 nitrogen and oxygen atoms in total. The van der Waals surface area contributed by atoms with E-state index in [1.807, 2.05) is 37.4 Å². The minimum atomic E-state index is -0.135. The van der Waals surface area contributed by atoms with Crippen molar-refractivity contribution in [1.82, 2.24) is 9.78 Å². The van der Waals surface area contributed by atoms with Gasteiger partial charge in [-0.25, -0.2) is 0 Å². The molecule has 0 aliphatic carbocycles. The van der Waals surface area contributed by atoms with Gasteiger partial charge in [0.25, 0.3) is 0 Å². The largest absolute Gasteiger partial charge is 0.492 e. The second-order valence-electron chi connectivity index (χ2n) is 5.29. The highest BCUT2D eigenvalue weighted by atomic mass is 16.3. The molecular weight excluding hydrogens is 212 g/mol. The van der Waals surface area contributed by atoms with Crippen molar-refractivity contribution >= 4 is 0 Å². The quantitative estimate of drug-likeness (QED) is 0.817. The fourth-order valence-corrected chi connectivity index (χ4v) is 2.13. The van der Waals surface area contributed by atoms with Crippen LogP contribution in [0, 0.1) is 0 Å². The van der Waals surface area contributed by atoms with Gasteiger partial charge in [-0.1, -0.05) is 51.1 Å². The van der Waals surface area contributed by atoms with Crippen LogP contribution in [0.25, 0.3) is 11.3 Å². The highest BCUT2D eigenvalue weighted by molar-refractivity contribution is 5.67. The Morgan fingerprint density at radius 2 is 1.71 bits per heavy atom. The van der Waals surface area contributed by atoms with E-state index in [1.54, 1.807) is 4.68 Å². The molecule has 0 saturated heterocycles. The summed E-state index contributed by atoms with van der Waals surface area (Å²) in [5.41, 5.74) is 2.82. The van der Waals surface area contributed by atoms with E-state index < -0.39 is 0 Å². The van der Waals surface area contributed by atoms with E-state index in [9.17, 15) is 5.11 Å². The van der Waals surface area contributed by atoms with Crippen LogP contribution in [0.5, 0.6) is 5.88 Å². The van der Waals surface area contributed by atoms with E-state index in [2.05, 4.69) is 25.9 Å². The maximum absolute atomic E-state index is 9.98. The monoisotopic (exact) mass is 230 g/mol. The summed E-state index contributed by atoms with van der Waals surface area (Å²) >= 11 is 0. The van der Waals surface area contributed by atoms with Crippen LogP contribution in [0.4, 0.5) is 0 Å². The zero-order chi connectivity index (χ0) is 12.6. The molecule has 3 heteroatoms. The van der Waals surface area contributed by atoms with E-state index in [-0.39, 0.29) is 11.3 Å². The SMILES string of the molecule is Cn1nc(O)c(C(C)(C)C)c1-c1ccccc1. The van der Waals surface area contributed by atoms with Crippen molar-refractivity contribution in [2.75, 3.05) is 0 Å². The summed E-state index contributed by atoms with van der Waals surface area (Å²) in [5, 5.41) is 14.1. The van der Waals surface area contributed by atoms with Gasteiger partial charge in [-0.2, -0.15) is 0 Å². The van der Waals surface area contributed by atoms with Crippen molar-refractivity contribution in [2.24, 2.45) is 7.05 Å². The summed E-state index contributed by atoms with van der Waals surface area (Å²) in [4.78, 5) is 0. The van der Waals surface area contributed by atoms with Gasteiger partial charge in [0.2, 0.25) is 5.88 Å². The zero-order valence-electron chi connectivity index (χ0n) is 10.7. The summed E-state index contributed by atoms with van der Waals surface area (Å²) in [6.07, 6.45) is 0. The maximum atomic E-state index is 9.98. The molecule has 0 aliphatic rings. The first-order valence-corrected chi connectivity index (χ1v) is 5.73. The van der Waals surface area contributed by atoms with Gasteiger partial charge < -0.3 is 5.11 Å². The van der Waals surface area contributed by atoms with E-state index in [0.29, 0.717) is 0 Å². The number of hydrogen-bond donors (Lipinski definition) is 1. The van der Waals surface area contributed by atoms with E-state index in [0.717, 1.165) is 16.8 Å². The average molecular weight is 230 g/mol. The normalized spacial score (nSPS) is 11.8. The second-order valence-corrected chi connectivity index (χ2v) is 5.29. The first-order chi connectivity index (χ1) is 7.91. The molecule has 0 amide bonds. The molecule has 0 spiro atoms. The van der Waals surface area contributed by atoms with E-state index >= 15 is 0 Å². The van der Waals surface area contributed by atoms with Gasteiger partial charge in [-0.05, 0) is 5.41 Å². The summed E-state index contributed by atoms with van der Waals surface area (Å²) < 4.78 is 1.74. The lowest BCUT2D eigenvalue weighted by molar-refractivity contribution is 0.425. The van der Waals surface area contributed by atoms with E-state index in [1.165, 1.54) is 0 Å². The van der Waals surface area contributed by atoms with E-state index in [4.69, 9.17) is 0 Å². The third-order valence-corrected chi connectivity index (χ3v) is 2.83. The van der Waals surface area contributed by atoms with Crippen LogP contribution in [0.1, 0.15) is 26.3 Å².